The number of piperidine rings is 1. The first-order chi connectivity index (χ1) is 14.9. The number of hydrogen-bond acceptors (Lipinski definition) is 6. The standard InChI is InChI=1S/C23H29FN6O/c1-14-8-16-11-25-30(21(16)9-19(14)18-5-6-28(3)13-20(18)24)23-10-22(26-15(2)27-23)29-7-4-17(31)12-29/h8-11,17-18,20,31H,4-7,12-13H2,1-3H3/t17?,18-,20-/m1/s1. The first kappa shape index (κ1) is 20.3. The molecule has 2 aliphatic rings. The number of aliphatic hydroxyl groups excluding tert-OH is 1. The second-order valence-electron chi connectivity index (χ2n) is 9.02. The second kappa shape index (κ2) is 7.84. The van der Waals surface area contributed by atoms with E-state index in [2.05, 4.69) is 43.9 Å². The summed E-state index contributed by atoms with van der Waals surface area (Å²) in [7, 11) is 1.97. The van der Waals surface area contributed by atoms with E-state index in [4.69, 9.17) is 0 Å². The van der Waals surface area contributed by atoms with E-state index in [0.717, 1.165) is 53.8 Å². The summed E-state index contributed by atoms with van der Waals surface area (Å²) in [6.07, 6.45) is 2.20. The fourth-order valence-corrected chi connectivity index (χ4v) is 4.95. The van der Waals surface area contributed by atoms with Crippen molar-refractivity contribution in [3.8, 4) is 5.82 Å². The van der Waals surface area contributed by atoms with E-state index in [0.29, 0.717) is 24.7 Å². The van der Waals surface area contributed by atoms with Gasteiger partial charge in [-0.05, 0) is 63.5 Å². The van der Waals surface area contributed by atoms with Crippen molar-refractivity contribution >= 4 is 16.7 Å². The Morgan fingerprint density at radius 1 is 1.03 bits per heavy atom. The van der Waals surface area contributed by atoms with Gasteiger partial charge in [-0.2, -0.15) is 5.10 Å². The molecule has 4 heterocycles. The molecule has 2 aromatic heterocycles. The Hall–Kier alpha value is -2.58. The average Bonchev–Trinajstić information content (AvgIpc) is 3.33. The summed E-state index contributed by atoms with van der Waals surface area (Å²) in [5.74, 6) is 2.05. The van der Waals surface area contributed by atoms with Crippen molar-refractivity contribution < 1.29 is 9.50 Å². The first-order valence-electron chi connectivity index (χ1n) is 11.0. The van der Waals surface area contributed by atoms with Gasteiger partial charge in [0.1, 0.15) is 17.8 Å². The third-order valence-corrected chi connectivity index (χ3v) is 6.62. The second-order valence-corrected chi connectivity index (χ2v) is 9.02. The summed E-state index contributed by atoms with van der Waals surface area (Å²) in [6, 6.07) is 6.12. The summed E-state index contributed by atoms with van der Waals surface area (Å²) in [4.78, 5) is 13.3. The number of likely N-dealkylation sites (tertiary alicyclic amines) is 1. The van der Waals surface area contributed by atoms with Crippen molar-refractivity contribution in [3.05, 3.63) is 41.3 Å². The molecular formula is C23H29FN6O. The highest BCUT2D eigenvalue weighted by Crippen LogP contribution is 2.35. The van der Waals surface area contributed by atoms with Crippen molar-refractivity contribution in [2.45, 2.75) is 44.9 Å². The van der Waals surface area contributed by atoms with Crippen LogP contribution in [-0.4, -0.2) is 75.3 Å². The highest BCUT2D eigenvalue weighted by molar-refractivity contribution is 5.82. The summed E-state index contributed by atoms with van der Waals surface area (Å²) < 4.78 is 16.7. The summed E-state index contributed by atoms with van der Waals surface area (Å²) in [5.41, 5.74) is 3.09. The zero-order valence-corrected chi connectivity index (χ0v) is 18.3. The number of nitrogens with zero attached hydrogens (tertiary/aromatic N) is 6. The molecule has 0 amide bonds. The zero-order chi connectivity index (χ0) is 21.7. The molecule has 0 spiro atoms. The van der Waals surface area contributed by atoms with E-state index in [1.54, 1.807) is 0 Å². The number of hydrogen-bond donors (Lipinski definition) is 1. The van der Waals surface area contributed by atoms with Gasteiger partial charge in [-0.15, -0.1) is 0 Å². The van der Waals surface area contributed by atoms with Gasteiger partial charge in [0.25, 0.3) is 0 Å². The molecule has 5 rings (SSSR count). The number of rotatable bonds is 3. The zero-order valence-electron chi connectivity index (χ0n) is 18.3. The summed E-state index contributed by atoms with van der Waals surface area (Å²) in [5, 5.41) is 15.5. The van der Waals surface area contributed by atoms with E-state index < -0.39 is 6.17 Å². The van der Waals surface area contributed by atoms with Crippen molar-refractivity contribution in [1.29, 1.82) is 0 Å². The highest BCUT2D eigenvalue weighted by atomic mass is 19.1. The maximum absolute atomic E-state index is 14.9. The van der Waals surface area contributed by atoms with Gasteiger partial charge in [0.05, 0.1) is 17.8 Å². The molecule has 3 atom stereocenters. The van der Waals surface area contributed by atoms with Gasteiger partial charge in [-0.1, -0.05) is 0 Å². The van der Waals surface area contributed by atoms with Crippen LogP contribution in [0.4, 0.5) is 10.2 Å². The van der Waals surface area contributed by atoms with E-state index in [1.165, 1.54) is 0 Å². The number of benzene rings is 1. The van der Waals surface area contributed by atoms with Gasteiger partial charge in [0, 0.05) is 37.0 Å². The Bertz CT molecular complexity index is 1110. The third-order valence-electron chi connectivity index (χ3n) is 6.62. The van der Waals surface area contributed by atoms with Crippen LogP contribution in [0.1, 0.15) is 35.7 Å². The molecule has 31 heavy (non-hydrogen) atoms. The van der Waals surface area contributed by atoms with Crippen LogP contribution in [0, 0.1) is 13.8 Å². The van der Waals surface area contributed by atoms with E-state index in [9.17, 15) is 9.50 Å². The summed E-state index contributed by atoms with van der Waals surface area (Å²) in [6.45, 7) is 6.65. The molecule has 8 heteroatoms. The Labute approximate surface area is 181 Å². The average molecular weight is 425 g/mol. The lowest BCUT2D eigenvalue weighted by Gasteiger charge is -2.33. The van der Waals surface area contributed by atoms with Gasteiger partial charge < -0.3 is 14.9 Å². The van der Waals surface area contributed by atoms with Crippen molar-refractivity contribution in [2.24, 2.45) is 0 Å². The molecule has 2 aliphatic heterocycles. The van der Waals surface area contributed by atoms with Gasteiger partial charge in [0.2, 0.25) is 0 Å². The maximum atomic E-state index is 14.9. The first-order valence-corrected chi connectivity index (χ1v) is 11.0. The van der Waals surface area contributed by atoms with Crippen molar-refractivity contribution in [2.75, 3.05) is 38.1 Å². The number of aliphatic hydroxyl groups is 1. The molecule has 2 saturated heterocycles. The SMILES string of the molecule is Cc1nc(N2CCC(O)C2)cc(-n2ncc3cc(C)c([C@H]4CCN(C)C[C@H]4F)cc32)n1. The van der Waals surface area contributed by atoms with Crippen LogP contribution in [0.3, 0.4) is 0 Å². The van der Waals surface area contributed by atoms with Crippen LogP contribution in [0.2, 0.25) is 0 Å². The Balaban J connectivity index is 1.56. The van der Waals surface area contributed by atoms with E-state index >= 15 is 0 Å². The molecule has 164 valence electrons. The Kier molecular flexibility index (Phi) is 5.14. The fraction of sp³-hybridized carbons (Fsp3) is 0.522. The highest BCUT2D eigenvalue weighted by Gasteiger charge is 2.30. The molecule has 1 N–H and O–H groups in total. The van der Waals surface area contributed by atoms with Crippen molar-refractivity contribution in [3.63, 3.8) is 0 Å². The minimum atomic E-state index is -0.874. The lowest BCUT2D eigenvalue weighted by atomic mass is 9.85. The lowest BCUT2D eigenvalue weighted by Crippen LogP contribution is -2.38. The van der Waals surface area contributed by atoms with Crippen LogP contribution in [0.25, 0.3) is 16.7 Å². The predicted octanol–water partition coefficient (Wildman–Crippen LogP) is 2.76. The molecule has 0 saturated carbocycles. The molecule has 0 bridgehead atoms. The normalized spacial score (nSPS) is 24.9. The van der Waals surface area contributed by atoms with Crippen LogP contribution < -0.4 is 4.90 Å². The Morgan fingerprint density at radius 2 is 1.84 bits per heavy atom. The number of aromatic nitrogens is 4. The molecule has 1 unspecified atom stereocenters. The third kappa shape index (κ3) is 3.78. The van der Waals surface area contributed by atoms with Crippen LogP contribution in [0.15, 0.2) is 24.4 Å². The monoisotopic (exact) mass is 424 g/mol. The minimum absolute atomic E-state index is 0.0993. The maximum Gasteiger partial charge on any atom is 0.159 e. The smallest absolute Gasteiger partial charge is 0.159 e. The number of aryl methyl sites for hydroxylation is 2. The Morgan fingerprint density at radius 3 is 2.58 bits per heavy atom. The van der Waals surface area contributed by atoms with Crippen molar-refractivity contribution in [1.82, 2.24) is 24.6 Å². The molecule has 0 aliphatic carbocycles. The quantitative estimate of drug-likeness (QED) is 0.697. The van der Waals surface area contributed by atoms with Crippen LogP contribution in [-0.2, 0) is 0 Å². The molecule has 0 radical (unpaired) electrons. The van der Waals surface area contributed by atoms with Crippen LogP contribution in [0.5, 0.6) is 0 Å². The number of alkyl halides is 1. The van der Waals surface area contributed by atoms with E-state index in [1.807, 2.05) is 30.9 Å². The van der Waals surface area contributed by atoms with Crippen LogP contribution >= 0.6 is 0 Å². The van der Waals surface area contributed by atoms with Gasteiger partial charge in [-0.25, -0.2) is 19.0 Å². The molecule has 1 aromatic carbocycles. The number of anilines is 1. The number of β-amino-alcohol motifs (C(OH)–C–C–N with tert-alkyl or cyclic N) is 1. The lowest BCUT2D eigenvalue weighted by molar-refractivity contribution is 0.139. The molecule has 3 aromatic rings. The minimum Gasteiger partial charge on any atom is -0.391 e. The summed E-state index contributed by atoms with van der Waals surface area (Å²) >= 11 is 0. The number of halogens is 1. The topological polar surface area (TPSA) is 70.3 Å². The number of fused-ring (bicyclic) bond motifs is 1. The predicted molar refractivity (Wildman–Crippen MR) is 119 cm³/mol. The van der Waals surface area contributed by atoms with Gasteiger partial charge >= 0.3 is 0 Å². The van der Waals surface area contributed by atoms with Gasteiger partial charge in [-0.3, -0.25) is 0 Å². The molecule has 2 fully saturated rings. The fourth-order valence-electron chi connectivity index (χ4n) is 4.95. The molecule has 7 nitrogen and oxygen atoms in total. The largest absolute Gasteiger partial charge is 0.391 e. The van der Waals surface area contributed by atoms with Gasteiger partial charge in [0.15, 0.2) is 5.82 Å². The molecular weight excluding hydrogens is 395 g/mol. The van der Waals surface area contributed by atoms with E-state index in [-0.39, 0.29) is 12.0 Å².